The molecule has 0 saturated heterocycles. The summed E-state index contributed by atoms with van der Waals surface area (Å²) in [7, 11) is 0. The molecular weight excluding hydrogens is 795 g/mol. The van der Waals surface area contributed by atoms with Gasteiger partial charge in [0, 0.05) is 12.4 Å². The molecule has 0 bridgehead atoms. The van der Waals surface area contributed by atoms with Gasteiger partial charge in [0.2, 0.25) is 0 Å². The molecule has 0 heterocycles. The van der Waals surface area contributed by atoms with Gasteiger partial charge in [-0.25, -0.2) is 0 Å². The smallest absolute Gasteiger partial charge is 0.870 e. The van der Waals surface area contributed by atoms with Crippen molar-refractivity contribution in [2.45, 2.75) is 51.6 Å². The zero-order valence-electron chi connectivity index (χ0n) is 23.2. The number of nitrogens with zero attached hydrogens (tertiary/aromatic N) is 5. The van der Waals surface area contributed by atoms with Gasteiger partial charge in [-0.05, 0) is 49.9 Å². The van der Waals surface area contributed by atoms with Gasteiger partial charge >= 0.3 is 54.8 Å². The third-order valence-electron chi connectivity index (χ3n) is 5.12. The minimum Gasteiger partial charge on any atom is -0.870 e. The van der Waals surface area contributed by atoms with Crippen molar-refractivity contribution in [1.29, 1.82) is 0 Å². The second kappa shape index (κ2) is 25.8. The van der Waals surface area contributed by atoms with E-state index in [1.165, 1.54) is 0 Å². The molecule has 0 N–H and O–H groups in total. The fourth-order valence-electron chi connectivity index (χ4n) is 3.60. The van der Waals surface area contributed by atoms with Crippen molar-refractivity contribution in [1.82, 2.24) is 0 Å². The van der Waals surface area contributed by atoms with Crippen molar-refractivity contribution in [3.63, 3.8) is 0 Å². The van der Waals surface area contributed by atoms with Gasteiger partial charge in [0.1, 0.15) is 11.5 Å². The second-order valence-corrected chi connectivity index (χ2v) is 7.86. The van der Waals surface area contributed by atoms with Crippen molar-refractivity contribution in [2.24, 2.45) is 9.98 Å². The zero-order chi connectivity index (χ0) is 32.1. The fourth-order valence-corrected chi connectivity index (χ4v) is 3.60. The number of rotatable bonds is 8. The molecule has 0 aliphatic heterocycles. The Morgan fingerprint density at radius 1 is 0.705 bits per heavy atom. The van der Waals surface area contributed by atoms with Crippen LogP contribution in [0.3, 0.4) is 0 Å². The number of hydrogen-bond acceptors (Lipinski definition) is 15. The molecule has 249 valence electrons. The molecule has 2 atom stereocenters. The Morgan fingerprint density at radius 3 is 1.27 bits per heavy atom. The average molecular weight is 823 g/mol. The monoisotopic (exact) mass is 822 g/mol. The molecule has 18 nitrogen and oxygen atoms in total. The molecular formula is C24H28CuHoN5O13. The van der Waals surface area contributed by atoms with Crippen LogP contribution < -0.4 is 19.7 Å². The van der Waals surface area contributed by atoms with Gasteiger partial charge < -0.3 is 65.7 Å². The molecule has 1 aliphatic carbocycles. The number of hydrogen-bond donors (Lipinski definition) is 0. The van der Waals surface area contributed by atoms with E-state index in [2.05, 4.69) is 9.98 Å². The largest absolute Gasteiger partial charge is 3.00 e. The van der Waals surface area contributed by atoms with Crippen molar-refractivity contribution >= 4 is 12.4 Å². The molecule has 2 aromatic carbocycles. The van der Waals surface area contributed by atoms with E-state index in [1.54, 1.807) is 48.8 Å². The van der Waals surface area contributed by atoms with Gasteiger partial charge in [-0.3, -0.25) is 9.98 Å². The number of aliphatic imine (C=N–C) groups is 2. The van der Waals surface area contributed by atoms with Gasteiger partial charge in [0.25, 0.3) is 0 Å². The van der Waals surface area contributed by atoms with Crippen LogP contribution in [0.2, 0.25) is 0 Å². The maximum absolute atomic E-state index is 12.5. The Kier molecular flexibility index (Phi) is 26.3. The first kappa shape index (κ1) is 44.8. The van der Waals surface area contributed by atoms with Crippen LogP contribution in [-0.2, 0) is 17.1 Å². The molecule has 1 saturated carbocycles. The summed E-state index contributed by atoms with van der Waals surface area (Å²) in [6, 6.07) is 10.4. The molecule has 0 aromatic heterocycles. The van der Waals surface area contributed by atoms with Crippen molar-refractivity contribution in [3.8, 4) is 23.0 Å². The molecule has 1 fully saturated rings. The standard InChI is InChI=1S/C24H30N2O4.Cu.Ho.3NO3/c1-3-29-21-13-7-9-17(23(21)27)15-25-19-11-5-6-12-20(19)26-16-18-10-8-14-22(24(18)28)30-4-2;;;3*2-1(3)4/h7-10,13-16,19-20,27-28H,3-6,11-12H2,1-2H3;;;;;/q;+2;+3;3*-1/p-2/t19-,20-;;;;;/m0...../s1. The Bertz CT molecular complexity index is 1090. The Labute approximate surface area is 291 Å². The topological polar surface area (TPSA) is 288 Å². The first-order valence-electron chi connectivity index (χ1n) is 12.2. The Balaban J connectivity index is -0.00000103. The quantitative estimate of drug-likeness (QED) is 0.160. The third-order valence-corrected chi connectivity index (χ3v) is 5.12. The van der Waals surface area contributed by atoms with E-state index >= 15 is 0 Å². The van der Waals surface area contributed by atoms with Crippen LogP contribution in [0, 0.1) is 83.7 Å². The van der Waals surface area contributed by atoms with Crippen LogP contribution >= 0.6 is 0 Å². The summed E-state index contributed by atoms with van der Waals surface area (Å²) < 4.78 is 10.8. The van der Waals surface area contributed by atoms with Gasteiger partial charge in [-0.2, -0.15) is 0 Å². The maximum Gasteiger partial charge on any atom is 3.00 e. The van der Waals surface area contributed by atoms with E-state index in [9.17, 15) is 10.2 Å². The van der Waals surface area contributed by atoms with Crippen LogP contribution in [-0.4, -0.2) is 53.0 Å². The molecule has 3 rings (SSSR count). The van der Waals surface area contributed by atoms with Gasteiger partial charge in [-0.15, -0.1) is 0 Å². The normalized spacial score (nSPS) is 14.9. The number of ether oxygens (including phenoxy) is 2. The first-order chi connectivity index (χ1) is 19.8. The predicted molar refractivity (Wildman–Crippen MR) is 146 cm³/mol. The van der Waals surface area contributed by atoms with Crippen molar-refractivity contribution < 1.29 is 89.8 Å². The summed E-state index contributed by atoms with van der Waals surface area (Å²) in [5.74, 6) is 0.388. The van der Waals surface area contributed by atoms with Crippen LogP contribution in [0.4, 0.5) is 0 Å². The Hall–Kier alpha value is -3.64. The summed E-state index contributed by atoms with van der Waals surface area (Å²) >= 11 is 0. The molecule has 0 amide bonds. The molecule has 44 heavy (non-hydrogen) atoms. The third kappa shape index (κ3) is 20.3. The molecule has 0 unspecified atom stereocenters. The van der Waals surface area contributed by atoms with E-state index in [-0.39, 0.29) is 78.4 Å². The van der Waals surface area contributed by atoms with Crippen LogP contribution in [0.1, 0.15) is 50.7 Å². The predicted octanol–water partition coefficient (Wildman–Crippen LogP) is 2.76. The maximum atomic E-state index is 12.5. The van der Waals surface area contributed by atoms with Crippen molar-refractivity contribution in [2.75, 3.05) is 13.2 Å². The molecule has 1 aliphatic rings. The fraction of sp³-hybridized carbons (Fsp3) is 0.417. The van der Waals surface area contributed by atoms with Gasteiger partial charge in [0.05, 0.1) is 40.6 Å². The van der Waals surface area contributed by atoms with E-state index in [0.29, 0.717) is 35.8 Å². The van der Waals surface area contributed by atoms with E-state index in [0.717, 1.165) is 25.7 Å². The average Bonchev–Trinajstić information content (AvgIpc) is 2.89. The van der Waals surface area contributed by atoms with E-state index < -0.39 is 15.3 Å². The molecule has 0 spiro atoms. The molecule has 1 radical (unpaired) electrons. The number of para-hydroxylation sites is 2. The van der Waals surface area contributed by atoms with Gasteiger partial charge in [-0.1, -0.05) is 48.6 Å². The minimum atomic E-state index is -1.75. The van der Waals surface area contributed by atoms with Gasteiger partial charge in [0.15, 0.2) is 0 Å². The SMILES string of the molecule is CCOc1cccc(C=N[C@H]2CCCC[C@@H]2N=Cc2cccc(OCC)c2[O-])c1[O-].O=[N+]([O-])[O-].O=[N+]([O-])[O-].O=[N+]([O-])[O-].[Cu+2].[Ho+3]. The second-order valence-electron chi connectivity index (χ2n) is 7.86. The first-order valence-corrected chi connectivity index (χ1v) is 12.2. The minimum absolute atomic E-state index is 0. The summed E-state index contributed by atoms with van der Waals surface area (Å²) in [6.07, 6.45) is 7.23. The van der Waals surface area contributed by atoms with E-state index in [1.807, 2.05) is 13.8 Å². The van der Waals surface area contributed by atoms with E-state index in [4.69, 9.17) is 55.4 Å². The molecule has 20 heteroatoms. The van der Waals surface area contributed by atoms with Crippen LogP contribution in [0.15, 0.2) is 46.4 Å². The van der Waals surface area contributed by atoms with Crippen molar-refractivity contribution in [3.05, 3.63) is 93.5 Å². The molecule has 2 aromatic rings. The summed E-state index contributed by atoms with van der Waals surface area (Å²) in [4.78, 5) is 34.1. The van der Waals surface area contributed by atoms with Crippen LogP contribution in [0.5, 0.6) is 23.0 Å². The number of benzene rings is 2. The summed E-state index contributed by atoms with van der Waals surface area (Å²) in [5, 5.41) is 69.2. The van der Waals surface area contributed by atoms with Crippen LogP contribution in [0.25, 0.3) is 0 Å². The summed E-state index contributed by atoms with van der Waals surface area (Å²) in [6.45, 7) is 4.59. The summed E-state index contributed by atoms with van der Waals surface area (Å²) in [5.41, 5.74) is 1.03. The zero-order valence-corrected chi connectivity index (χ0v) is 26.0. The Morgan fingerprint density at radius 2 is 1.00 bits per heavy atom.